The minimum Gasteiger partial charge on any atom is -0.340 e. The third-order valence-corrected chi connectivity index (χ3v) is 6.47. The highest BCUT2D eigenvalue weighted by Crippen LogP contribution is 2.21. The lowest BCUT2D eigenvalue weighted by atomic mass is 10.1. The van der Waals surface area contributed by atoms with Crippen LogP contribution in [0, 0.1) is 17.1 Å². The van der Waals surface area contributed by atoms with Crippen molar-refractivity contribution in [2.75, 3.05) is 26.2 Å². The number of hydrogen-bond acceptors (Lipinski definition) is 4. The van der Waals surface area contributed by atoms with Crippen LogP contribution in [0.1, 0.15) is 11.1 Å². The van der Waals surface area contributed by atoms with E-state index in [1.165, 1.54) is 27.4 Å². The van der Waals surface area contributed by atoms with Crippen molar-refractivity contribution >= 4 is 15.9 Å². The Kier molecular flexibility index (Phi) is 5.54. The van der Waals surface area contributed by atoms with E-state index >= 15 is 0 Å². The fraction of sp³-hybridized carbons (Fsp3) is 0.263. The van der Waals surface area contributed by atoms with Gasteiger partial charge in [0.15, 0.2) is 0 Å². The summed E-state index contributed by atoms with van der Waals surface area (Å²) >= 11 is 0. The fourth-order valence-electron chi connectivity index (χ4n) is 3.02. The van der Waals surface area contributed by atoms with Gasteiger partial charge in [-0.3, -0.25) is 4.79 Å². The standard InChI is InChI=1S/C19H18FN3O3S/c20-17-7-3-1-5-15(17)13-19(24)22-9-11-23(12-10-22)27(25,26)18-8-4-2-6-16(18)14-21/h1-8H,9-13H2. The van der Waals surface area contributed by atoms with Gasteiger partial charge in [0.1, 0.15) is 11.9 Å². The lowest BCUT2D eigenvalue weighted by Gasteiger charge is -2.34. The third-order valence-electron chi connectivity index (χ3n) is 4.52. The molecule has 0 radical (unpaired) electrons. The second-order valence-corrected chi connectivity index (χ2v) is 8.07. The van der Waals surface area contributed by atoms with Gasteiger partial charge in [-0.05, 0) is 23.8 Å². The van der Waals surface area contributed by atoms with E-state index < -0.39 is 15.8 Å². The maximum atomic E-state index is 13.7. The molecule has 0 bridgehead atoms. The Morgan fingerprint density at radius 3 is 2.33 bits per heavy atom. The van der Waals surface area contributed by atoms with Gasteiger partial charge in [-0.2, -0.15) is 9.57 Å². The number of amides is 1. The highest BCUT2D eigenvalue weighted by Gasteiger charge is 2.31. The molecule has 27 heavy (non-hydrogen) atoms. The van der Waals surface area contributed by atoms with Gasteiger partial charge in [-0.25, -0.2) is 12.8 Å². The molecule has 2 aromatic rings. The van der Waals surface area contributed by atoms with Crippen molar-refractivity contribution < 1.29 is 17.6 Å². The summed E-state index contributed by atoms with van der Waals surface area (Å²) in [6.45, 7) is 0.707. The molecule has 0 N–H and O–H groups in total. The summed E-state index contributed by atoms with van der Waals surface area (Å²) in [7, 11) is -3.81. The zero-order valence-corrected chi connectivity index (χ0v) is 15.3. The van der Waals surface area contributed by atoms with Gasteiger partial charge in [0.25, 0.3) is 0 Å². The Morgan fingerprint density at radius 2 is 1.67 bits per heavy atom. The van der Waals surface area contributed by atoms with Crippen LogP contribution in [0.4, 0.5) is 4.39 Å². The summed E-state index contributed by atoms with van der Waals surface area (Å²) in [5, 5.41) is 9.14. The van der Waals surface area contributed by atoms with Gasteiger partial charge < -0.3 is 4.90 Å². The Labute approximate surface area is 157 Å². The average molecular weight is 387 g/mol. The van der Waals surface area contributed by atoms with E-state index in [9.17, 15) is 17.6 Å². The Morgan fingerprint density at radius 1 is 1.04 bits per heavy atom. The van der Waals surface area contributed by atoms with Crippen LogP contribution in [0.15, 0.2) is 53.4 Å². The molecule has 0 aromatic heterocycles. The SMILES string of the molecule is N#Cc1ccccc1S(=O)(=O)N1CCN(C(=O)Cc2ccccc2F)CC1. The number of carbonyl (C=O) groups excluding carboxylic acids is 1. The molecule has 0 atom stereocenters. The second kappa shape index (κ2) is 7.86. The van der Waals surface area contributed by atoms with Crippen LogP contribution < -0.4 is 0 Å². The van der Waals surface area contributed by atoms with Crippen LogP contribution in [0.3, 0.4) is 0 Å². The van der Waals surface area contributed by atoms with E-state index in [4.69, 9.17) is 5.26 Å². The van der Waals surface area contributed by atoms with Crippen molar-refractivity contribution in [3.8, 4) is 6.07 Å². The number of nitrogens with zero attached hydrogens (tertiary/aromatic N) is 3. The first-order valence-corrected chi connectivity index (χ1v) is 9.88. The van der Waals surface area contributed by atoms with E-state index in [0.717, 1.165) is 0 Å². The summed E-state index contributed by atoms with van der Waals surface area (Å²) in [6, 6.07) is 14.0. The number of halogens is 1. The smallest absolute Gasteiger partial charge is 0.244 e. The molecule has 2 aromatic carbocycles. The van der Waals surface area contributed by atoms with Crippen LogP contribution in [-0.2, 0) is 21.2 Å². The number of nitriles is 1. The molecule has 6 nitrogen and oxygen atoms in total. The van der Waals surface area contributed by atoms with Crippen LogP contribution in [0.5, 0.6) is 0 Å². The Hall–Kier alpha value is -2.76. The number of benzene rings is 2. The normalized spacial score (nSPS) is 15.3. The lowest BCUT2D eigenvalue weighted by Crippen LogP contribution is -2.51. The predicted octanol–water partition coefficient (Wildman–Crippen LogP) is 1.77. The second-order valence-electron chi connectivity index (χ2n) is 6.16. The van der Waals surface area contributed by atoms with Crippen LogP contribution in [0.25, 0.3) is 0 Å². The highest BCUT2D eigenvalue weighted by molar-refractivity contribution is 7.89. The molecule has 1 aliphatic rings. The Balaban J connectivity index is 1.67. The number of sulfonamides is 1. The molecule has 1 heterocycles. The molecule has 1 aliphatic heterocycles. The molecule has 1 amide bonds. The Bertz CT molecular complexity index is 993. The van der Waals surface area contributed by atoms with Crippen LogP contribution in [0.2, 0.25) is 0 Å². The first-order chi connectivity index (χ1) is 12.9. The summed E-state index contributed by atoms with van der Waals surface area (Å²) in [5.74, 6) is -0.672. The molecule has 0 spiro atoms. The molecular formula is C19H18FN3O3S. The molecule has 3 rings (SSSR count). The van der Waals surface area contributed by atoms with Crippen molar-refractivity contribution in [1.29, 1.82) is 5.26 Å². The minimum absolute atomic E-state index is 0.0290. The predicted molar refractivity (Wildman–Crippen MR) is 96.6 cm³/mol. The van der Waals surface area contributed by atoms with E-state index in [2.05, 4.69) is 0 Å². The molecular weight excluding hydrogens is 369 g/mol. The summed E-state index contributed by atoms with van der Waals surface area (Å²) in [4.78, 5) is 13.9. The van der Waals surface area contributed by atoms with E-state index in [1.807, 2.05) is 6.07 Å². The van der Waals surface area contributed by atoms with E-state index in [1.54, 1.807) is 30.3 Å². The summed E-state index contributed by atoms with van der Waals surface area (Å²) < 4.78 is 40.6. The van der Waals surface area contributed by atoms with Gasteiger partial charge >= 0.3 is 0 Å². The van der Waals surface area contributed by atoms with Crippen molar-refractivity contribution in [3.05, 3.63) is 65.5 Å². The lowest BCUT2D eigenvalue weighted by molar-refractivity contribution is -0.131. The first kappa shape index (κ1) is 19.0. The maximum Gasteiger partial charge on any atom is 0.244 e. The quantitative estimate of drug-likeness (QED) is 0.801. The number of carbonyl (C=O) groups is 1. The third kappa shape index (κ3) is 3.99. The van der Waals surface area contributed by atoms with Gasteiger partial charge in [0, 0.05) is 26.2 Å². The maximum absolute atomic E-state index is 13.7. The molecule has 8 heteroatoms. The molecule has 0 aliphatic carbocycles. The number of piperazine rings is 1. The van der Waals surface area contributed by atoms with Gasteiger partial charge in [0.05, 0.1) is 16.9 Å². The first-order valence-electron chi connectivity index (χ1n) is 8.44. The van der Waals surface area contributed by atoms with Crippen molar-refractivity contribution in [1.82, 2.24) is 9.21 Å². The van der Waals surface area contributed by atoms with Gasteiger partial charge in [-0.1, -0.05) is 30.3 Å². The summed E-state index contributed by atoms with van der Waals surface area (Å²) in [5.41, 5.74) is 0.413. The number of hydrogen-bond donors (Lipinski definition) is 0. The van der Waals surface area contributed by atoms with Crippen molar-refractivity contribution in [3.63, 3.8) is 0 Å². The van der Waals surface area contributed by atoms with Gasteiger partial charge in [-0.15, -0.1) is 0 Å². The topological polar surface area (TPSA) is 81.5 Å². The molecule has 140 valence electrons. The van der Waals surface area contributed by atoms with Gasteiger partial charge in [0.2, 0.25) is 15.9 Å². The largest absolute Gasteiger partial charge is 0.340 e. The summed E-state index contributed by atoms with van der Waals surface area (Å²) in [6.07, 6.45) is -0.0588. The average Bonchev–Trinajstić information content (AvgIpc) is 2.69. The van der Waals surface area contributed by atoms with E-state index in [0.29, 0.717) is 5.56 Å². The van der Waals surface area contributed by atoms with Crippen molar-refractivity contribution in [2.45, 2.75) is 11.3 Å². The zero-order valence-electron chi connectivity index (χ0n) is 14.5. The zero-order chi connectivity index (χ0) is 19.4. The van der Waals surface area contributed by atoms with Crippen LogP contribution in [-0.4, -0.2) is 49.7 Å². The molecule has 0 saturated carbocycles. The van der Waals surface area contributed by atoms with Crippen LogP contribution >= 0.6 is 0 Å². The van der Waals surface area contributed by atoms with E-state index in [-0.39, 0.29) is 49.0 Å². The van der Waals surface area contributed by atoms with Crippen molar-refractivity contribution in [2.24, 2.45) is 0 Å². The monoisotopic (exact) mass is 387 g/mol. The fourth-order valence-corrected chi connectivity index (χ4v) is 4.58. The minimum atomic E-state index is -3.81. The molecule has 0 unspecified atom stereocenters. The number of rotatable bonds is 4. The molecule has 1 fully saturated rings. The highest BCUT2D eigenvalue weighted by atomic mass is 32.2. The molecule has 1 saturated heterocycles.